The first kappa shape index (κ1) is 88.1. The van der Waals surface area contributed by atoms with Gasteiger partial charge in [-0.05, 0) is 43.4 Å². The Labute approximate surface area is 549 Å². The summed E-state index contributed by atoms with van der Waals surface area (Å²) < 4.78 is 68.3. The molecular weight excluding hydrogens is 1190 g/mol. The highest BCUT2D eigenvalue weighted by Gasteiger charge is 2.30. The highest BCUT2D eigenvalue weighted by Crippen LogP contribution is 2.45. The monoisotopic (exact) mass is 1320 g/mol. The van der Waals surface area contributed by atoms with Crippen molar-refractivity contribution in [2.45, 2.75) is 375 Å². The molecule has 0 heterocycles. The molecule has 0 spiro atoms. The lowest BCUT2D eigenvalue weighted by Crippen LogP contribution is -2.30. The summed E-state index contributed by atoms with van der Waals surface area (Å²) in [4.78, 5) is 72.5. The second-order valence-corrected chi connectivity index (χ2v) is 30.0. The number of hydrogen-bond donors (Lipinski definition) is 3. The number of esters is 4. The zero-order valence-electron chi connectivity index (χ0n) is 58.6. The topological polar surface area (TPSA) is 237 Å². The Morgan fingerprint density at radius 3 is 0.756 bits per heavy atom. The highest BCUT2D eigenvalue weighted by molar-refractivity contribution is 7.47. The molecule has 0 aromatic carbocycles. The second-order valence-electron chi connectivity index (χ2n) is 27.1. The molecule has 0 aliphatic carbocycles. The van der Waals surface area contributed by atoms with Crippen LogP contribution in [-0.4, -0.2) is 96.7 Å². The normalized spacial score (nSPS) is 14.2. The van der Waals surface area contributed by atoms with E-state index >= 15 is 0 Å². The quantitative estimate of drug-likeness (QED) is 0.0222. The van der Waals surface area contributed by atoms with Gasteiger partial charge in [0.15, 0.2) is 12.2 Å². The first-order valence-corrected chi connectivity index (χ1v) is 39.8. The van der Waals surface area contributed by atoms with Crippen molar-refractivity contribution in [2.24, 2.45) is 17.8 Å². The standard InChI is InChI=1S/C71H138O17P2/c1-8-9-10-11-12-13-14-20-25-31-40-47-54-70(75)88-67(59-82-69(74)53-46-39-34-33-37-44-51-64(6)7)61-86-90(79,80)84-57-65(72)56-83-89(77,78)85-60-66(58-81-68(73)52-45-38-30-27-22-24-29-36-43-50-63(4)5)87-71(76)55-48-41-32-26-21-18-16-15-17-19-23-28-35-42-49-62(2)3/h62-67,72H,8-61H2,1-7H3,(H,77,78)(H,79,80)/t65-,66-,67-/m1/s1. The van der Waals surface area contributed by atoms with Gasteiger partial charge < -0.3 is 33.8 Å². The maximum Gasteiger partial charge on any atom is 0.472 e. The third-order valence-corrected chi connectivity index (χ3v) is 18.3. The van der Waals surface area contributed by atoms with Crippen LogP contribution in [0, 0.1) is 17.8 Å². The van der Waals surface area contributed by atoms with E-state index in [9.17, 15) is 43.2 Å². The first-order chi connectivity index (χ1) is 43.2. The summed E-state index contributed by atoms with van der Waals surface area (Å²) >= 11 is 0. The van der Waals surface area contributed by atoms with E-state index in [1.165, 1.54) is 161 Å². The Morgan fingerprint density at radius 2 is 0.511 bits per heavy atom. The fraction of sp³-hybridized carbons (Fsp3) is 0.944. The predicted molar refractivity (Wildman–Crippen MR) is 363 cm³/mol. The Hall–Kier alpha value is -1.94. The first-order valence-electron chi connectivity index (χ1n) is 36.8. The van der Waals surface area contributed by atoms with Gasteiger partial charge in [-0.3, -0.25) is 37.3 Å². The van der Waals surface area contributed by atoms with Crippen molar-refractivity contribution in [1.82, 2.24) is 0 Å². The maximum atomic E-state index is 13.0. The van der Waals surface area contributed by atoms with Gasteiger partial charge in [0.1, 0.15) is 19.3 Å². The van der Waals surface area contributed by atoms with Crippen molar-refractivity contribution < 1.29 is 80.2 Å². The lowest BCUT2D eigenvalue weighted by Gasteiger charge is -2.21. The third-order valence-electron chi connectivity index (χ3n) is 16.4. The van der Waals surface area contributed by atoms with E-state index in [-0.39, 0.29) is 25.7 Å². The number of phosphoric acid groups is 2. The van der Waals surface area contributed by atoms with Crippen LogP contribution in [0.1, 0.15) is 357 Å². The molecule has 0 aliphatic rings. The van der Waals surface area contributed by atoms with E-state index < -0.39 is 97.5 Å². The number of phosphoric ester groups is 2. The Bertz CT molecular complexity index is 1770. The number of ether oxygens (including phenoxy) is 4. The summed E-state index contributed by atoms with van der Waals surface area (Å²) in [5.74, 6) is 0.0926. The van der Waals surface area contributed by atoms with E-state index in [1.54, 1.807) is 0 Å². The largest absolute Gasteiger partial charge is 0.472 e. The number of rotatable bonds is 69. The van der Waals surface area contributed by atoms with Crippen LogP contribution >= 0.6 is 15.6 Å². The van der Waals surface area contributed by atoms with Gasteiger partial charge in [-0.2, -0.15) is 0 Å². The number of aliphatic hydroxyl groups is 1. The van der Waals surface area contributed by atoms with Gasteiger partial charge in [-0.1, -0.05) is 305 Å². The lowest BCUT2D eigenvalue weighted by molar-refractivity contribution is -0.161. The van der Waals surface area contributed by atoms with Crippen LogP contribution in [0.3, 0.4) is 0 Å². The molecular formula is C71H138O17P2. The molecule has 0 saturated carbocycles. The van der Waals surface area contributed by atoms with Crippen LogP contribution < -0.4 is 0 Å². The minimum absolute atomic E-state index is 0.106. The van der Waals surface area contributed by atoms with Crippen LogP contribution in [0.25, 0.3) is 0 Å². The third kappa shape index (κ3) is 64.8. The average Bonchev–Trinajstić information content (AvgIpc) is 3.49. The van der Waals surface area contributed by atoms with Gasteiger partial charge in [-0.25, -0.2) is 9.13 Å². The minimum atomic E-state index is -4.95. The molecule has 3 N–H and O–H groups in total. The molecule has 0 fully saturated rings. The van der Waals surface area contributed by atoms with Crippen molar-refractivity contribution in [3.63, 3.8) is 0 Å². The summed E-state index contributed by atoms with van der Waals surface area (Å²) in [6, 6.07) is 0. The Kier molecular flexibility index (Phi) is 60.6. The molecule has 534 valence electrons. The Balaban J connectivity index is 5.23. The number of hydrogen-bond acceptors (Lipinski definition) is 15. The van der Waals surface area contributed by atoms with Gasteiger partial charge >= 0.3 is 39.5 Å². The van der Waals surface area contributed by atoms with E-state index in [4.69, 9.17) is 37.0 Å². The highest BCUT2D eigenvalue weighted by atomic mass is 31.2. The Morgan fingerprint density at radius 1 is 0.300 bits per heavy atom. The van der Waals surface area contributed by atoms with Crippen LogP contribution in [0.15, 0.2) is 0 Å². The molecule has 0 aromatic heterocycles. The molecule has 0 radical (unpaired) electrons. The molecule has 0 saturated heterocycles. The van der Waals surface area contributed by atoms with Crippen molar-refractivity contribution in [3.8, 4) is 0 Å². The van der Waals surface area contributed by atoms with Crippen LogP contribution in [0.5, 0.6) is 0 Å². The van der Waals surface area contributed by atoms with Crippen molar-refractivity contribution in [1.29, 1.82) is 0 Å². The molecule has 0 aromatic rings. The zero-order valence-corrected chi connectivity index (χ0v) is 60.4. The van der Waals surface area contributed by atoms with Gasteiger partial charge in [0.2, 0.25) is 0 Å². The summed E-state index contributed by atoms with van der Waals surface area (Å²) in [5, 5.41) is 10.6. The smallest absolute Gasteiger partial charge is 0.462 e. The summed E-state index contributed by atoms with van der Waals surface area (Å²) in [6.07, 6.45) is 45.9. The van der Waals surface area contributed by atoms with Gasteiger partial charge in [-0.15, -0.1) is 0 Å². The molecule has 0 amide bonds. The number of unbranched alkanes of at least 4 members (excludes halogenated alkanes) is 37. The van der Waals surface area contributed by atoms with Gasteiger partial charge in [0.25, 0.3) is 0 Å². The molecule has 0 aliphatic heterocycles. The number of carbonyl (C=O) groups excluding carboxylic acids is 4. The van der Waals surface area contributed by atoms with Gasteiger partial charge in [0, 0.05) is 25.7 Å². The fourth-order valence-corrected chi connectivity index (χ4v) is 12.3. The van der Waals surface area contributed by atoms with Crippen molar-refractivity contribution >= 4 is 39.5 Å². The predicted octanol–water partition coefficient (Wildman–Crippen LogP) is 20.2. The lowest BCUT2D eigenvalue weighted by atomic mass is 10.0. The average molecular weight is 1330 g/mol. The van der Waals surface area contributed by atoms with E-state index in [1.807, 2.05) is 0 Å². The second kappa shape index (κ2) is 61.9. The minimum Gasteiger partial charge on any atom is -0.462 e. The van der Waals surface area contributed by atoms with Crippen molar-refractivity contribution in [2.75, 3.05) is 39.6 Å². The summed E-state index contributed by atoms with van der Waals surface area (Å²) in [5.41, 5.74) is 0. The maximum absolute atomic E-state index is 13.0. The van der Waals surface area contributed by atoms with E-state index in [0.717, 1.165) is 108 Å². The van der Waals surface area contributed by atoms with Crippen LogP contribution in [-0.2, 0) is 65.4 Å². The molecule has 0 bridgehead atoms. The zero-order chi connectivity index (χ0) is 66.6. The summed E-state index contributed by atoms with van der Waals surface area (Å²) in [6.45, 7) is 11.8. The molecule has 5 atom stereocenters. The van der Waals surface area contributed by atoms with Crippen LogP contribution in [0.4, 0.5) is 0 Å². The van der Waals surface area contributed by atoms with Crippen LogP contribution in [0.2, 0.25) is 0 Å². The van der Waals surface area contributed by atoms with Crippen molar-refractivity contribution in [3.05, 3.63) is 0 Å². The summed E-state index contributed by atoms with van der Waals surface area (Å²) in [7, 11) is -9.90. The van der Waals surface area contributed by atoms with E-state index in [2.05, 4.69) is 48.5 Å². The molecule has 2 unspecified atom stereocenters. The van der Waals surface area contributed by atoms with E-state index in [0.29, 0.717) is 31.6 Å². The molecule has 17 nitrogen and oxygen atoms in total. The number of carbonyl (C=O) groups is 4. The SMILES string of the molecule is CCCCCCCCCCCCCCC(=O)O[C@H](COC(=O)CCCCCCCCC(C)C)COP(=O)(O)OC[C@H](O)COP(=O)(O)OC[C@@H](COC(=O)CCCCCCCCCCCC(C)C)OC(=O)CCCCCCCCCCCCCCCCC(C)C. The number of aliphatic hydroxyl groups excluding tert-OH is 1. The molecule has 0 rings (SSSR count). The van der Waals surface area contributed by atoms with Gasteiger partial charge in [0.05, 0.1) is 26.4 Å². The molecule has 90 heavy (non-hydrogen) atoms. The molecule has 19 heteroatoms. The fourth-order valence-electron chi connectivity index (χ4n) is 10.7.